The maximum Gasteiger partial charge on any atom is 0.322 e. The minimum atomic E-state index is -0.262. The summed E-state index contributed by atoms with van der Waals surface area (Å²) in [4.78, 5) is 13.7. The van der Waals surface area contributed by atoms with Crippen LogP contribution in [-0.4, -0.2) is 16.1 Å². The summed E-state index contributed by atoms with van der Waals surface area (Å²) in [6.45, 7) is 0. The molecule has 0 saturated carbocycles. The van der Waals surface area contributed by atoms with E-state index >= 15 is 0 Å². The Morgan fingerprint density at radius 1 is 1.23 bits per heavy atom. The van der Waals surface area contributed by atoms with E-state index in [0.717, 1.165) is 8.68 Å². The Kier molecular flexibility index (Phi) is 4.91. The summed E-state index contributed by atoms with van der Waals surface area (Å²) in [5.74, 6) is 0.760. The van der Waals surface area contributed by atoms with Crippen molar-refractivity contribution in [2.75, 3.05) is 5.32 Å². The maximum atomic E-state index is 12.0. The molecular weight excluding hydrogens is 386 g/mol. The number of thiophene rings is 1. The molecule has 2 heterocycles. The Balaban J connectivity index is 1.58. The molecule has 0 radical (unpaired) electrons. The zero-order valence-electron chi connectivity index (χ0n) is 11.2. The first-order valence-corrected chi connectivity index (χ1v) is 8.87. The minimum absolute atomic E-state index is 0.109. The number of amides is 1. The molecule has 0 aliphatic carbocycles. The molecule has 0 aliphatic heterocycles. The molecular formula is C14H10BrN3O2S2. The quantitative estimate of drug-likeness (QED) is 0.646. The molecule has 0 fully saturated rings. The molecule has 1 amide bonds. The summed E-state index contributed by atoms with van der Waals surface area (Å²) < 4.78 is 6.31. The van der Waals surface area contributed by atoms with E-state index < -0.39 is 0 Å². The van der Waals surface area contributed by atoms with Crippen molar-refractivity contribution in [1.82, 2.24) is 10.2 Å². The number of rotatable bonds is 5. The predicted octanol–water partition coefficient (Wildman–Crippen LogP) is 4.44. The van der Waals surface area contributed by atoms with Crippen LogP contribution >= 0.6 is 39.0 Å². The normalized spacial score (nSPS) is 10.6. The third-order valence-corrected chi connectivity index (χ3v) is 5.21. The number of nitrogens with zero attached hydrogens (tertiary/aromatic N) is 2. The second-order valence-electron chi connectivity index (χ2n) is 4.16. The highest BCUT2D eigenvalue weighted by molar-refractivity contribution is 9.11. The molecule has 8 heteroatoms. The zero-order chi connectivity index (χ0) is 15.4. The lowest BCUT2D eigenvalue weighted by Crippen LogP contribution is -2.10. The average molecular weight is 396 g/mol. The molecule has 0 atom stereocenters. The highest BCUT2D eigenvalue weighted by Crippen LogP contribution is 2.24. The highest BCUT2D eigenvalue weighted by atomic mass is 79.9. The third-order valence-electron chi connectivity index (χ3n) is 2.59. The van der Waals surface area contributed by atoms with Crippen molar-refractivity contribution in [3.63, 3.8) is 0 Å². The van der Waals surface area contributed by atoms with Gasteiger partial charge in [0.1, 0.15) is 0 Å². The highest BCUT2D eigenvalue weighted by Gasteiger charge is 2.13. The number of nitrogens with one attached hydrogen (secondary N) is 1. The topological polar surface area (TPSA) is 68.0 Å². The number of anilines is 1. The van der Waals surface area contributed by atoms with Crippen LogP contribution in [0.1, 0.15) is 15.6 Å². The van der Waals surface area contributed by atoms with Gasteiger partial charge in [-0.15, -0.1) is 28.2 Å². The van der Waals surface area contributed by atoms with E-state index in [1.54, 1.807) is 17.8 Å². The Hall–Kier alpha value is -1.64. The minimum Gasteiger partial charge on any atom is -0.407 e. The van der Waals surface area contributed by atoms with E-state index in [2.05, 4.69) is 31.4 Å². The van der Waals surface area contributed by atoms with Gasteiger partial charge in [-0.3, -0.25) is 10.1 Å². The fraction of sp³-hybridized carbons (Fsp3) is 0.0714. The van der Waals surface area contributed by atoms with E-state index in [1.807, 2.05) is 36.4 Å². The van der Waals surface area contributed by atoms with Crippen molar-refractivity contribution >= 4 is 51.0 Å². The van der Waals surface area contributed by atoms with Gasteiger partial charge in [-0.25, -0.2) is 0 Å². The van der Waals surface area contributed by atoms with Gasteiger partial charge in [0.25, 0.3) is 5.91 Å². The number of hydrogen-bond acceptors (Lipinski definition) is 6. The van der Waals surface area contributed by atoms with Gasteiger partial charge in [-0.05, 0) is 40.2 Å². The van der Waals surface area contributed by atoms with Gasteiger partial charge >= 0.3 is 6.01 Å². The fourth-order valence-corrected chi connectivity index (χ4v) is 3.66. The van der Waals surface area contributed by atoms with Gasteiger partial charge in [0.15, 0.2) is 0 Å². The number of carbonyl (C=O) groups excluding carboxylic acids is 1. The number of hydrogen-bond donors (Lipinski definition) is 1. The summed E-state index contributed by atoms with van der Waals surface area (Å²) >= 11 is 6.25. The van der Waals surface area contributed by atoms with Crippen molar-refractivity contribution in [2.24, 2.45) is 0 Å². The van der Waals surface area contributed by atoms with Gasteiger partial charge in [-0.1, -0.05) is 23.3 Å². The van der Waals surface area contributed by atoms with Crippen LogP contribution in [0.15, 0.2) is 55.6 Å². The first-order chi connectivity index (χ1) is 10.7. The van der Waals surface area contributed by atoms with Crippen LogP contribution < -0.4 is 5.32 Å². The molecule has 2 aromatic heterocycles. The third kappa shape index (κ3) is 3.96. The van der Waals surface area contributed by atoms with Crippen LogP contribution in [0.4, 0.5) is 6.01 Å². The van der Waals surface area contributed by atoms with E-state index in [4.69, 9.17) is 4.42 Å². The molecule has 0 saturated heterocycles. The van der Waals surface area contributed by atoms with E-state index in [-0.39, 0.29) is 11.9 Å². The predicted molar refractivity (Wildman–Crippen MR) is 90.3 cm³/mol. The fourth-order valence-electron chi connectivity index (χ4n) is 1.62. The van der Waals surface area contributed by atoms with Crippen molar-refractivity contribution in [2.45, 2.75) is 10.6 Å². The first kappa shape index (κ1) is 15.3. The Morgan fingerprint density at radius 3 is 2.77 bits per heavy atom. The molecule has 112 valence electrons. The van der Waals surface area contributed by atoms with E-state index in [9.17, 15) is 4.79 Å². The van der Waals surface area contributed by atoms with Gasteiger partial charge in [-0.2, -0.15) is 0 Å². The van der Waals surface area contributed by atoms with Crippen molar-refractivity contribution < 1.29 is 9.21 Å². The van der Waals surface area contributed by atoms with Crippen molar-refractivity contribution in [3.8, 4) is 0 Å². The molecule has 5 nitrogen and oxygen atoms in total. The summed E-state index contributed by atoms with van der Waals surface area (Å²) in [7, 11) is 0. The second kappa shape index (κ2) is 7.08. The van der Waals surface area contributed by atoms with Crippen molar-refractivity contribution in [3.05, 3.63) is 57.0 Å². The van der Waals surface area contributed by atoms with E-state index in [1.165, 1.54) is 11.3 Å². The number of thioether (sulfide) groups is 1. The number of carbonyl (C=O) groups is 1. The van der Waals surface area contributed by atoms with Crippen LogP contribution in [0.3, 0.4) is 0 Å². The molecule has 0 bridgehead atoms. The molecule has 0 aliphatic rings. The number of benzene rings is 1. The SMILES string of the molecule is O=C(Nc1nnc(CSc2ccccc2)o1)c1ccc(Br)s1. The van der Waals surface area contributed by atoms with Crippen molar-refractivity contribution in [1.29, 1.82) is 0 Å². The average Bonchev–Trinajstić information content (AvgIpc) is 3.15. The second-order valence-corrected chi connectivity index (χ2v) is 7.67. The van der Waals surface area contributed by atoms with Crippen LogP contribution in [-0.2, 0) is 5.75 Å². The Morgan fingerprint density at radius 2 is 2.05 bits per heavy atom. The lowest BCUT2D eigenvalue weighted by atomic mass is 10.4. The lowest BCUT2D eigenvalue weighted by Gasteiger charge is -1.97. The van der Waals surface area contributed by atoms with Gasteiger partial charge < -0.3 is 4.42 Å². The monoisotopic (exact) mass is 395 g/mol. The summed E-state index contributed by atoms with van der Waals surface area (Å²) in [6.07, 6.45) is 0. The molecule has 1 N–H and O–H groups in total. The molecule has 0 spiro atoms. The molecule has 3 aromatic rings. The molecule has 0 unspecified atom stereocenters. The van der Waals surface area contributed by atoms with Gasteiger partial charge in [0.2, 0.25) is 5.89 Å². The largest absolute Gasteiger partial charge is 0.407 e. The Bertz CT molecular complexity index is 773. The van der Waals surface area contributed by atoms with Gasteiger partial charge in [0.05, 0.1) is 14.4 Å². The van der Waals surface area contributed by atoms with Crippen LogP contribution in [0.2, 0.25) is 0 Å². The first-order valence-electron chi connectivity index (χ1n) is 6.27. The summed E-state index contributed by atoms with van der Waals surface area (Å²) in [6, 6.07) is 13.6. The van der Waals surface area contributed by atoms with Crippen LogP contribution in [0.5, 0.6) is 0 Å². The number of halogens is 1. The number of aromatic nitrogens is 2. The maximum absolute atomic E-state index is 12.0. The van der Waals surface area contributed by atoms with Crippen LogP contribution in [0.25, 0.3) is 0 Å². The smallest absolute Gasteiger partial charge is 0.322 e. The molecule has 22 heavy (non-hydrogen) atoms. The lowest BCUT2D eigenvalue weighted by molar-refractivity contribution is 0.102. The Labute approximate surface area is 143 Å². The van der Waals surface area contributed by atoms with Gasteiger partial charge in [0, 0.05) is 4.90 Å². The van der Waals surface area contributed by atoms with Crippen LogP contribution in [0, 0.1) is 0 Å². The van der Waals surface area contributed by atoms with E-state index in [0.29, 0.717) is 16.5 Å². The standard InChI is InChI=1S/C14H10BrN3O2S2/c15-11-7-6-10(22-11)13(19)16-14-18-17-12(20-14)8-21-9-4-2-1-3-5-9/h1-7H,8H2,(H,16,18,19). The zero-order valence-corrected chi connectivity index (χ0v) is 14.4. The molecule has 1 aromatic carbocycles. The molecule has 3 rings (SSSR count). The summed E-state index contributed by atoms with van der Waals surface area (Å²) in [5.41, 5.74) is 0. The summed E-state index contributed by atoms with van der Waals surface area (Å²) in [5, 5.41) is 10.3.